The lowest BCUT2D eigenvalue weighted by atomic mass is 10.1. The van der Waals surface area contributed by atoms with Gasteiger partial charge >= 0.3 is 0 Å². The number of ether oxygens (including phenoxy) is 2. The van der Waals surface area contributed by atoms with Gasteiger partial charge in [-0.1, -0.05) is 0 Å². The van der Waals surface area contributed by atoms with E-state index in [0.29, 0.717) is 6.61 Å². The van der Waals surface area contributed by atoms with Crippen LogP contribution in [0.4, 0.5) is 0 Å². The van der Waals surface area contributed by atoms with Crippen molar-refractivity contribution in [3.05, 3.63) is 12.3 Å². The van der Waals surface area contributed by atoms with Gasteiger partial charge in [-0.2, -0.15) is 5.10 Å². The molecule has 1 unspecified atom stereocenters. The van der Waals surface area contributed by atoms with Crippen molar-refractivity contribution in [3.8, 4) is 5.88 Å². The van der Waals surface area contributed by atoms with Crippen molar-refractivity contribution in [2.75, 3.05) is 13.7 Å². The molecule has 2 heterocycles. The van der Waals surface area contributed by atoms with Crippen LogP contribution in [-0.2, 0) is 11.3 Å². The maximum Gasteiger partial charge on any atom is 0.211 e. The molecule has 0 saturated heterocycles. The van der Waals surface area contributed by atoms with Crippen molar-refractivity contribution in [3.63, 3.8) is 0 Å². The van der Waals surface area contributed by atoms with Crippen LogP contribution in [0, 0.1) is 0 Å². The second-order valence-electron chi connectivity index (χ2n) is 3.27. The first-order valence-electron chi connectivity index (χ1n) is 3.93. The van der Waals surface area contributed by atoms with Crippen LogP contribution in [0.25, 0.3) is 0 Å². The first-order chi connectivity index (χ1) is 5.73. The van der Waals surface area contributed by atoms with Crippen LogP contribution in [0.2, 0.25) is 0 Å². The molecule has 66 valence electrons. The van der Waals surface area contributed by atoms with E-state index in [4.69, 9.17) is 9.47 Å². The molecule has 1 aromatic heterocycles. The molecule has 0 aliphatic carbocycles. The number of aromatic nitrogens is 2. The van der Waals surface area contributed by atoms with Crippen molar-refractivity contribution in [2.45, 2.75) is 19.1 Å². The van der Waals surface area contributed by atoms with Crippen molar-refractivity contribution in [1.29, 1.82) is 0 Å². The highest BCUT2D eigenvalue weighted by molar-refractivity contribution is 5.11. The summed E-state index contributed by atoms with van der Waals surface area (Å²) in [6, 6.07) is 1.86. The Bertz CT molecular complexity index is 284. The van der Waals surface area contributed by atoms with E-state index in [1.807, 2.05) is 17.7 Å². The van der Waals surface area contributed by atoms with Crippen LogP contribution >= 0.6 is 0 Å². The molecular formula is C8H12N2O2. The molecule has 0 bridgehead atoms. The topological polar surface area (TPSA) is 36.3 Å². The fraction of sp³-hybridized carbons (Fsp3) is 0.625. The van der Waals surface area contributed by atoms with Gasteiger partial charge in [-0.05, 0) is 6.92 Å². The zero-order chi connectivity index (χ0) is 8.60. The molecule has 1 aromatic rings. The van der Waals surface area contributed by atoms with E-state index in [2.05, 4.69) is 5.10 Å². The fourth-order valence-corrected chi connectivity index (χ4v) is 1.27. The summed E-state index contributed by atoms with van der Waals surface area (Å²) in [6.07, 6.45) is 1.73. The SMILES string of the molecule is COC1(C)COc2ccnn2C1. The van der Waals surface area contributed by atoms with Gasteiger partial charge in [0.2, 0.25) is 5.88 Å². The number of nitrogens with zero attached hydrogens (tertiary/aromatic N) is 2. The second kappa shape index (κ2) is 2.48. The first kappa shape index (κ1) is 7.61. The molecule has 0 amide bonds. The molecule has 0 aromatic carbocycles. The minimum Gasteiger partial charge on any atom is -0.475 e. The van der Waals surface area contributed by atoms with Gasteiger partial charge in [0.1, 0.15) is 12.2 Å². The highest BCUT2D eigenvalue weighted by Crippen LogP contribution is 2.23. The third-order valence-corrected chi connectivity index (χ3v) is 2.18. The molecule has 4 heteroatoms. The Kier molecular flexibility index (Phi) is 1.58. The predicted molar refractivity (Wildman–Crippen MR) is 43.1 cm³/mol. The highest BCUT2D eigenvalue weighted by Gasteiger charge is 2.31. The highest BCUT2D eigenvalue weighted by atomic mass is 16.5. The molecule has 0 fully saturated rings. The standard InChI is InChI=1S/C8H12N2O2/c1-8(11-2)5-10-7(12-6-8)3-4-9-10/h3-4H,5-6H2,1-2H3. The number of methoxy groups -OCH3 is 1. The lowest BCUT2D eigenvalue weighted by Crippen LogP contribution is -2.43. The minimum absolute atomic E-state index is 0.237. The van der Waals surface area contributed by atoms with Crippen LogP contribution < -0.4 is 4.74 Å². The van der Waals surface area contributed by atoms with E-state index in [9.17, 15) is 0 Å². The fourth-order valence-electron chi connectivity index (χ4n) is 1.27. The molecule has 0 N–H and O–H groups in total. The molecule has 0 spiro atoms. The first-order valence-corrected chi connectivity index (χ1v) is 3.93. The van der Waals surface area contributed by atoms with Crippen LogP contribution in [-0.4, -0.2) is 29.1 Å². The Morgan fingerprint density at radius 2 is 2.58 bits per heavy atom. The average molecular weight is 168 g/mol. The monoisotopic (exact) mass is 168 g/mol. The molecule has 1 aliphatic heterocycles. The van der Waals surface area contributed by atoms with Crippen LogP contribution in [0.15, 0.2) is 12.3 Å². The predicted octanol–water partition coefficient (Wildman–Crippen LogP) is 0.681. The summed E-state index contributed by atoms with van der Waals surface area (Å²) in [6.45, 7) is 3.36. The van der Waals surface area contributed by atoms with Gasteiger partial charge in [0, 0.05) is 13.2 Å². The lowest BCUT2D eigenvalue weighted by Gasteiger charge is -2.32. The molecule has 12 heavy (non-hydrogen) atoms. The Morgan fingerprint density at radius 1 is 1.75 bits per heavy atom. The Balaban J connectivity index is 2.25. The summed E-state index contributed by atoms with van der Waals surface area (Å²) < 4.78 is 12.6. The van der Waals surface area contributed by atoms with Crippen LogP contribution in [0.1, 0.15) is 6.92 Å². The van der Waals surface area contributed by atoms with Crippen molar-refractivity contribution < 1.29 is 9.47 Å². The van der Waals surface area contributed by atoms with E-state index in [1.54, 1.807) is 13.3 Å². The summed E-state index contributed by atoms with van der Waals surface area (Å²) in [5.41, 5.74) is -0.237. The Labute approximate surface area is 71.1 Å². The van der Waals surface area contributed by atoms with Gasteiger partial charge in [-0.15, -0.1) is 0 Å². The van der Waals surface area contributed by atoms with Crippen molar-refractivity contribution in [1.82, 2.24) is 9.78 Å². The molecule has 1 atom stereocenters. The summed E-state index contributed by atoms with van der Waals surface area (Å²) >= 11 is 0. The van der Waals surface area contributed by atoms with Gasteiger partial charge in [0.25, 0.3) is 0 Å². The van der Waals surface area contributed by atoms with E-state index in [-0.39, 0.29) is 5.60 Å². The van der Waals surface area contributed by atoms with Crippen molar-refractivity contribution in [2.24, 2.45) is 0 Å². The largest absolute Gasteiger partial charge is 0.475 e. The van der Waals surface area contributed by atoms with Crippen molar-refractivity contribution >= 4 is 0 Å². The Morgan fingerprint density at radius 3 is 3.33 bits per heavy atom. The van der Waals surface area contributed by atoms with Gasteiger partial charge < -0.3 is 9.47 Å². The minimum atomic E-state index is -0.237. The normalized spacial score (nSPS) is 27.8. The lowest BCUT2D eigenvalue weighted by molar-refractivity contribution is -0.0644. The number of fused-ring (bicyclic) bond motifs is 1. The van der Waals surface area contributed by atoms with Crippen LogP contribution in [0.5, 0.6) is 5.88 Å². The third kappa shape index (κ3) is 1.08. The Hall–Kier alpha value is -1.03. The molecule has 2 rings (SSSR count). The summed E-state index contributed by atoms with van der Waals surface area (Å²) in [5.74, 6) is 0.824. The number of rotatable bonds is 1. The molecule has 0 saturated carbocycles. The summed E-state index contributed by atoms with van der Waals surface area (Å²) in [7, 11) is 1.69. The number of hydrogen-bond acceptors (Lipinski definition) is 3. The number of hydrogen-bond donors (Lipinski definition) is 0. The quantitative estimate of drug-likeness (QED) is 0.618. The van der Waals surface area contributed by atoms with Gasteiger partial charge in [-0.3, -0.25) is 0 Å². The van der Waals surface area contributed by atoms with Crippen LogP contribution in [0.3, 0.4) is 0 Å². The second-order valence-corrected chi connectivity index (χ2v) is 3.27. The maximum absolute atomic E-state index is 5.45. The zero-order valence-corrected chi connectivity index (χ0v) is 7.28. The van der Waals surface area contributed by atoms with E-state index in [0.717, 1.165) is 12.4 Å². The molecule has 1 aliphatic rings. The molecule has 4 nitrogen and oxygen atoms in total. The van der Waals surface area contributed by atoms with Gasteiger partial charge in [0.05, 0.1) is 12.7 Å². The third-order valence-electron chi connectivity index (χ3n) is 2.18. The average Bonchev–Trinajstić information content (AvgIpc) is 2.51. The summed E-state index contributed by atoms with van der Waals surface area (Å²) in [5, 5.41) is 4.11. The van der Waals surface area contributed by atoms with Gasteiger partial charge in [-0.25, -0.2) is 4.68 Å². The summed E-state index contributed by atoms with van der Waals surface area (Å²) in [4.78, 5) is 0. The van der Waals surface area contributed by atoms with E-state index >= 15 is 0 Å². The smallest absolute Gasteiger partial charge is 0.211 e. The zero-order valence-electron chi connectivity index (χ0n) is 7.28. The molecular weight excluding hydrogens is 156 g/mol. The molecule has 0 radical (unpaired) electrons. The van der Waals surface area contributed by atoms with E-state index in [1.165, 1.54) is 0 Å². The van der Waals surface area contributed by atoms with E-state index < -0.39 is 0 Å². The maximum atomic E-state index is 5.45. The van der Waals surface area contributed by atoms with Gasteiger partial charge in [0.15, 0.2) is 0 Å².